The summed E-state index contributed by atoms with van der Waals surface area (Å²) in [7, 11) is 1.64. The van der Waals surface area contributed by atoms with Gasteiger partial charge in [0.1, 0.15) is 6.61 Å². The highest BCUT2D eigenvalue weighted by molar-refractivity contribution is 7.10. The van der Waals surface area contributed by atoms with Crippen LogP contribution in [0.15, 0.2) is 53.2 Å². The molecule has 0 aliphatic heterocycles. The molecular formula is C22H25NO3S2. The number of amides is 1. The topological polar surface area (TPSA) is 38.8 Å². The van der Waals surface area contributed by atoms with Gasteiger partial charge in [-0.3, -0.25) is 4.79 Å². The first-order chi connectivity index (χ1) is 13.7. The molecule has 0 bridgehead atoms. The second-order valence-electron chi connectivity index (χ2n) is 6.34. The van der Waals surface area contributed by atoms with Gasteiger partial charge in [-0.2, -0.15) is 0 Å². The van der Waals surface area contributed by atoms with Crippen LogP contribution < -0.4 is 9.47 Å². The zero-order chi connectivity index (χ0) is 19.8. The molecule has 1 aromatic carbocycles. The van der Waals surface area contributed by atoms with Gasteiger partial charge in [-0.1, -0.05) is 18.2 Å². The maximum absolute atomic E-state index is 12.6. The highest BCUT2D eigenvalue weighted by atomic mass is 32.1. The van der Waals surface area contributed by atoms with Gasteiger partial charge in [-0.05, 0) is 53.9 Å². The number of carbonyl (C=O) groups is 1. The number of aryl methyl sites for hydroxylation is 1. The largest absolute Gasteiger partial charge is 0.493 e. The quantitative estimate of drug-likeness (QED) is 0.446. The Morgan fingerprint density at radius 1 is 1.04 bits per heavy atom. The van der Waals surface area contributed by atoms with Crippen LogP contribution in [0.4, 0.5) is 0 Å². The van der Waals surface area contributed by atoms with Crippen molar-refractivity contribution in [3.8, 4) is 11.5 Å². The molecule has 0 saturated heterocycles. The average Bonchev–Trinajstić information content (AvgIpc) is 3.43. The van der Waals surface area contributed by atoms with Crippen molar-refractivity contribution in [1.29, 1.82) is 0 Å². The fraction of sp³-hybridized carbons (Fsp3) is 0.318. The number of hydrogen-bond donors (Lipinski definition) is 0. The Kier molecular flexibility index (Phi) is 7.51. The average molecular weight is 416 g/mol. The van der Waals surface area contributed by atoms with Gasteiger partial charge in [0.2, 0.25) is 5.91 Å². The van der Waals surface area contributed by atoms with Crippen molar-refractivity contribution >= 4 is 28.6 Å². The van der Waals surface area contributed by atoms with Gasteiger partial charge >= 0.3 is 0 Å². The summed E-state index contributed by atoms with van der Waals surface area (Å²) in [6, 6.07) is 14.0. The molecule has 0 radical (unpaired) electrons. The molecule has 0 fully saturated rings. The third-order valence-corrected chi connectivity index (χ3v) is 6.24. The van der Waals surface area contributed by atoms with E-state index in [-0.39, 0.29) is 5.91 Å². The van der Waals surface area contributed by atoms with E-state index in [1.54, 1.807) is 29.8 Å². The summed E-state index contributed by atoms with van der Waals surface area (Å²) >= 11 is 3.37. The maximum atomic E-state index is 12.6. The molecule has 3 rings (SSSR count). The minimum Gasteiger partial charge on any atom is -0.493 e. The number of carbonyl (C=O) groups excluding carboxylic acids is 1. The van der Waals surface area contributed by atoms with E-state index >= 15 is 0 Å². The van der Waals surface area contributed by atoms with Crippen molar-refractivity contribution in [3.63, 3.8) is 0 Å². The molecule has 0 N–H and O–H groups in total. The molecule has 0 unspecified atom stereocenters. The van der Waals surface area contributed by atoms with E-state index in [0.29, 0.717) is 37.6 Å². The number of thiophene rings is 2. The van der Waals surface area contributed by atoms with Crippen LogP contribution in [0, 0.1) is 0 Å². The molecule has 4 nitrogen and oxygen atoms in total. The first-order valence-electron chi connectivity index (χ1n) is 9.32. The molecule has 0 aliphatic carbocycles. The van der Waals surface area contributed by atoms with Crippen molar-refractivity contribution in [1.82, 2.24) is 4.90 Å². The van der Waals surface area contributed by atoms with Crippen LogP contribution >= 0.6 is 22.7 Å². The molecule has 2 heterocycles. The number of benzene rings is 1. The number of nitrogens with zero attached hydrogens (tertiary/aromatic N) is 1. The first kappa shape index (κ1) is 20.4. The lowest BCUT2D eigenvalue weighted by molar-refractivity contribution is -0.131. The van der Waals surface area contributed by atoms with Crippen molar-refractivity contribution in [2.45, 2.75) is 32.9 Å². The maximum Gasteiger partial charge on any atom is 0.223 e. The van der Waals surface area contributed by atoms with E-state index in [1.165, 1.54) is 9.75 Å². The molecule has 0 spiro atoms. The molecule has 28 heavy (non-hydrogen) atoms. The third kappa shape index (κ3) is 5.59. The smallest absolute Gasteiger partial charge is 0.223 e. The molecule has 0 aliphatic rings. The fourth-order valence-corrected chi connectivity index (χ4v) is 4.24. The van der Waals surface area contributed by atoms with E-state index in [4.69, 9.17) is 9.47 Å². The van der Waals surface area contributed by atoms with Gasteiger partial charge in [0.05, 0.1) is 7.11 Å². The Morgan fingerprint density at radius 3 is 2.43 bits per heavy atom. The molecule has 0 atom stereocenters. The summed E-state index contributed by atoms with van der Waals surface area (Å²) in [5.74, 6) is 1.58. The van der Waals surface area contributed by atoms with E-state index in [0.717, 1.165) is 12.0 Å². The van der Waals surface area contributed by atoms with Crippen molar-refractivity contribution in [3.05, 3.63) is 68.5 Å². The van der Waals surface area contributed by atoms with Crippen LogP contribution in [0.2, 0.25) is 0 Å². The van der Waals surface area contributed by atoms with Crippen molar-refractivity contribution in [2.75, 3.05) is 13.7 Å². The summed E-state index contributed by atoms with van der Waals surface area (Å²) in [5.41, 5.74) is 1.03. The molecule has 1 amide bonds. The predicted molar refractivity (Wildman–Crippen MR) is 115 cm³/mol. The molecule has 148 valence electrons. The monoisotopic (exact) mass is 415 g/mol. The minimum atomic E-state index is 0.174. The van der Waals surface area contributed by atoms with E-state index in [2.05, 4.69) is 6.07 Å². The highest BCUT2D eigenvalue weighted by Gasteiger charge is 2.14. The standard InChI is InChI=1S/C22H25NO3S2/c1-3-23(22(24)11-9-18-6-4-12-27-18)15-17-8-10-20(21(14-17)25-2)26-16-19-7-5-13-28-19/h4-8,10,12-14H,3,9,11,15-16H2,1-2H3. The number of rotatable bonds is 10. The summed E-state index contributed by atoms with van der Waals surface area (Å²) in [4.78, 5) is 16.9. The summed E-state index contributed by atoms with van der Waals surface area (Å²) < 4.78 is 11.4. The van der Waals surface area contributed by atoms with Crippen molar-refractivity contribution < 1.29 is 14.3 Å². The Hall–Kier alpha value is -2.31. The zero-order valence-electron chi connectivity index (χ0n) is 16.2. The van der Waals surface area contributed by atoms with Gasteiger partial charge < -0.3 is 14.4 Å². The van der Waals surface area contributed by atoms with Crippen LogP contribution in [-0.2, 0) is 24.4 Å². The molecule has 2 aromatic heterocycles. The lowest BCUT2D eigenvalue weighted by Gasteiger charge is -2.21. The molecule has 6 heteroatoms. The zero-order valence-corrected chi connectivity index (χ0v) is 17.9. The third-order valence-electron chi connectivity index (χ3n) is 4.45. The Labute approximate surface area is 174 Å². The Bertz CT molecular complexity index is 860. The minimum absolute atomic E-state index is 0.174. The lowest BCUT2D eigenvalue weighted by Crippen LogP contribution is -2.30. The summed E-state index contributed by atoms with van der Waals surface area (Å²) in [6.45, 7) is 3.79. The predicted octanol–water partition coefficient (Wildman–Crippen LogP) is 5.38. The summed E-state index contributed by atoms with van der Waals surface area (Å²) in [5, 5.41) is 4.08. The molecule has 3 aromatic rings. The van der Waals surface area contributed by atoms with Gasteiger partial charge in [0.15, 0.2) is 11.5 Å². The van der Waals surface area contributed by atoms with Crippen molar-refractivity contribution in [2.24, 2.45) is 0 Å². The Morgan fingerprint density at radius 2 is 1.79 bits per heavy atom. The van der Waals surface area contributed by atoms with E-state index in [9.17, 15) is 4.79 Å². The van der Waals surface area contributed by atoms with Crippen LogP contribution in [0.25, 0.3) is 0 Å². The highest BCUT2D eigenvalue weighted by Crippen LogP contribution is 2.30. The van der Waals surface area contributed by atoms with Gasteiger partial charge in [0, 0.05) is 29.3 Å². The fourth-order valence-electron chi connectivity index (χ4n) is 2.91. The Balaban J connectivity index is 1.60. The number of methoxy groups -OCH3 is 1. The van der Waals surface area contributed by atoms with E-state index in [1.807, 2.05) is 59.0 Å². The van der Waals surface area contributed by atoms with Gasteiger partial charge in [-0.25, -0.2) is 0 Å². The number of ether oxygens (including phenoxy) is 2. The van der Waals surface area contributed by atoms with Gasteiger partial charge in [-0.15, -0.1) is 22.7 Å². The van der Waals surface area contributed by atoms with Crippen LogP contribution in [0.1, 0.15) is 28.7 Å². The van der Waals surface area contributed by atoms with Crippen LogP contribution in [0.5, 0.6) is 11.5 Å². The lowest BCUT2D eigenvalue weighted by atomic mass is 10.1. The van der Waals surface area contributed by atoms with Crippen LogP contribution in [0.3, 0.4) is 0 Å². The second kappa shape index (κ2) is 10.3. The molecule has 0 saturated carbocycles. The summed E-state index contributed by atoms with van der Waals surface area (Å²) in [6.07, 6.45) is 1.33. The first-order valence-corrected chi connectivity index (χ1v) is 11.1. The normalized spacial score (nSPS) is 10.6. The van der Waals surface area contributed by atoms with Crippen LogP contribution in [-0.4, -0.2) is 24.5 Å². The SMILES string of the molecule is CCN(Cc1ccc(OCc2cccs2)c(OC)c1)C(=O)CCc1cccs1. The number of hydrogen-bond acceptors (Lipinski definition) is 5. The second-order valence-corrected chi connectivity index (χ2v) is 8.41. The van der Waals surface area contributed by atoms with E-state index < -0.39 is 0 Å². The molecular weight excluding hydrogens is 390 g/mol. The van der Waals surface area contributed by atoms with Gasteiger partial charge in [0.25, 0.3) is 0 Å².